The number of aromatic nitrogens is 4. The van der Waals surface area contributed by atoms with E-state index in [9.17, 15) is 9.18 Å². The summed E-state index contributed by atoms with van der Waals surface area (Å²) in [5, 5.41) is 17.8. The normalized spacial score (nSPS) is 17.6. The second-order valence-corrected chi connectivity index (χ2v) is 10.3. The number of hydrogen-bond donors (Lipinski definition) is 2. The van der Waals surface area contributed by atoms with Gasteiger partial charge in [0.25, 0.3) is 0 Å². The first-order chi connectivity index (χ1) is 17.2. The molecule has 0 bridgehead atoms. The van der Waals surface area contributed by atoms with E-state index in [1.807, 2.05) is 30.3 Å². The highest BCUT2D eigenvalue weighted by Crippen LogP contribution is 2.35. The van der Waals surface area contributed by atoms with E-state index in [1.54, 1.807) is 11.7 Å². The van der Waals surface area contributed by atoms with Crippen molar-refractivity contribution < 1.29 is 9.18 Å². The molecule has 2 heterocycles. The molecule has 2 aromatic carbocycles. The molecule has 2 amide bonds. The summed E-state index contributed by atoms with van der Waals surface area (Å²) in [5.41, 5.74) is 3.95. The van der Waals surface area contributed by atoms with Crippen molar-refractivity contribution in [2.45, 2.75) is 40.0 Å². The number of carbonyl (C=O) groups excluding carboxylic acids is 1. The molecule has 1 saturated heterocycles. The lowest BCUT2D eigenvalue weighted by Crippen LogP contribution is -2.50. The Hall–Kier alpha value is -3.33. The van der Waals surface area contributed by atoms with Gasteiger partial charge in [0.2, 0.25) is 0 Å². The molecule has 0 unspecified atom stereocenters. The molecule has 1 atom stereocenters. The number of carbonyl (C=O) groups is 1. The predicted molar refractivity (Wildman–Crippen MR) is 139 cm³/mol. The molecule has 0 radical (unpaired) electrons. The van der Waals surface area contributed by atoms with Gasteiger partial charge in [-0.1, -0.05) is 32.9 Å². The van der Waals surface area contributed by atoms with Gasteiger partial charge in [0.05, 0.1) is 0 Å². The fraction of sp³-hybridized carbons (Fsp3) is 0.481. The number of urea groups is 1. The van der Waals surface area contributed by atoms with Crippen LogP contribution in [0.5, 0.6) is 0 Å². The van der Waals surface area contributed by atoms with Crippen molar-refractivity contribution in [3.8, 4) is 11.4 Å². The van der Waals surface area contributed by atoms with E-state index in [2.05, 4.69) is 51.8 Å². The Bertz CT molecular complexity index is 1180. The van der Waals surface area contributed by atoms with Crippen molar-refractivity contribution in [1.29, 1.82) is 0 Å². The van der Waals surface area contributed by atoms with Gasteiger partial charge in [-0.2, -0.15) is 0 Å². The van der Waals surface area contributed by atoms with Crippen LogP contribution in [0.4, 0.5) is 14.9 Å². The lowest BCUT2D eigenvalue weighted by atomic mass is 9.73. The first-order valence-corrected chi connectivity index (χ1v) is 12.6. The van der Waals surface area contributed by atoms with Crippen LogP contribution >= 0.6 is 0 Å². The van der Waals surface area contributed by atoms with Crippen molar-refractivity contribution in [3.63, 3.8) is 0 Å². The van der Waals surface area contributed by atoms with E-state index >= 15 is 0 Å². The number of aryl methyl sites for hydroxylation is 2. The largest absolute Gasteiger partial charge is 0.338 e. The number of piperidine rings is 1. The second kappa shape index (κ2) is 11.2. The van der Waals surface area contributed by atoms with Crippen LogP contribution in [0.25, 0.3) is 11.4 Å². The number of rotatable bonds is 8. The molecular formula is C27H36FN7O. The van der Waals surface area contributed by atoms with Crippen LogP contribution in [0.2, 0.25) is 0 Å². The summed E-state index contributed by atoms with van der Waals surface area (Å²) in [6.07, 6.45) is 2.79. The first-order valence-electron chi connectivity index (χ1n) is 12.6. The molecule has 1 aliphatic rings. The number of nitrogens with zero attached hydrogens (tertiary/aromatic N) is 5. The zero-order valence-corrected chi connectivity index (χ0v) is 21.6. The average molecular weight is 494 g/mol. The summed E-state index contributed by atoms with van der Waals surface area (Å²) in [4.78, 5) is 15.3. The van der Waals surface area contributed by atoms with E-state index in [-0.39, 0.29) is 17.3 Å². The summed E-state index contributed by atoms with van der Waals surface area (Å²) in [6, 6.07) is 12.4. The van der Waals surface area contributed by atoms with Crippen LogP contribution in [-0.4, -0.2) is 57.3 Å². The number of likely N-dealkylation sites (tertiary alicyclic amines) is 1. The van der Waals surface area contributed by atoms with Gasteiger partial charge in [0.1, 0.15) is 5.82 Å². The fourth-order valence-corrected chi connectivity index (χ4v) is 4.75. The van der Waals surface area contributed by atoms with Crippen LogP contribution in [-0.2, 0) is 19.9 Å². The molecule has 0 aliphatic carbocycles. The molecule has 2 N–H and O–H groups in total. The van der Waals surface area contributed by atoms with Gasteiger partial charge in [-0.05, 0) is 89.0 Å². The third-order valence-electron chi connectivity index (χ3n) is 7.33. The number of anilines is 1. The fourth-order valence-electron chi connectivity index (χ4n) is 4.75. The SMILES string of the molecule is CCc1cc(NC(=O)NC[C@H]2CN(CCc3ccc(F)cc3)CCC2(C)C)cc(-c2nnnn2C)c1. The highest BCUT2D eigenvalue weighted by atomic mass is 19.1. The van der Waals surface area contributed by atoms with Gasteiger partial charge in [0.15, 0.2) is 5.82 Å². The van der Waals surface area contributed by atoms with Crippen LogP contribution in [0, 0.1) is 17.2 Å². The van der Waals surface area contributed by atoms with Crippen molar-refractivity contribution in [1.82, 2.24) is 30.4 Å². The van der Waals surface area contributed by atoms with E-state index < -0.39 is 0 Å². The summed E-state index contributed by atoms with van der Waals surface area (Å²) in [7, 11) is 1.79. The Morgan fingerprint density at radius 3 is 2.64 bits per heavy atom. The standard InChI is InChI=1S/C27H36FN7O/c1-5-19-14-21(25-31-32-33-34(25)4)16-24(15-19)30-26(36)29-17-22-18-35(13-11-27(22,2)3)12-10-20-6-8-23(28)9-7-20/h6-9,14-16,22H,5,10-13,17-18H2,1-4H3,(H2,29,30,36)/t22-/m0/s1. The summed E-state index contributed by atoms with van der Waals surface area (Å²) < 4.78 is 14.8. The van der Waals surface area contributed by atoms with Gasteiger partial charge in [-0.15, -0.1) is 5.10 Å². The summed E-state index contributed by atoms with van der Waals surface area (Å²) in [6.45, 7) is 10.1. The van der Waals surface area contributed by atoms with E-state index in [0.29, 0.717) is 24.0 Å². The minimum Gasteiger partial charge on any atom is -0.338 e. The molecule has 0 spiro atoms. The van der Waals surface area contributed by atoms with Crippen LogP contribution < -0.4 is 10.6 Å². The van der Waals surface area contributed by atoms with Crippen molar-refractivity contribution >= 4 is 11.7 Å². The predicted octanol–water partition coefficient (Wildman–Crippen LogP) is 4.29. The molecule has 4 rings (SSSR count). The molecule has 0 saturated carbocycles. The molecule has 192 valence electrons. The molecule has 36 heavy (non-hydrogen) atoms. The molecule has 1 aliphatic heterocycles. The topological polar surface area (TPSA) is 88.0 Å². The molecule has 8 nitrogen and oxygen atoms in total. The maximum atomic E-state index is 13.2. The molecule has 1 aromatic heterocycles. The third kappa shape index (κ3) is 6.46. The Morgan fingerprint density at radius 1 is 1.17 bits per heavy atom. The number of amides is 2. The summed E-state index contributed by atoms with van der Waals surface area (Å²) >= 11 is 0. The van der Waals surface area contributed by atoms with Gasteiger partial charge in [-0.25, -0.2) is 13.9 Å². The van der Waals surface area contributed by atoms with Gasteiger partial charge in [-0.3, -0.25) is 0 Å². The van der Waals surface area contributed by atoms with Gasteiger partial charge >= 0.3 is 6.03 Å². The maximum Gasteiger partial charge on any atom is 0.319 e. The Morgan fingerprint density at radius 2 is 1.94 bits per heavy atom. The number of tetrazole rings is 1. The number of benzene rings is 2. The van der Waals surface area contributed by atoms with Gasteiger partial charge in [0, 0.05) is 37.9 Å². The Balaban J connectivity index is 1.34. The van der Waals surface area contributed by atoms with Crippen molar-refractivity contribution in [2.24, 2.45) is 18.4 Å². The van der Waals surface area contributed by atoms with Gasteiger partial charge < -0.3 is 15.5 Å². The smallest absolute Gasteiger partial charge is 0.319 e. The maximum absolute atomic E-state index is 13.2. The quantitative estimate of drug-likeness (QED) is 0.489. The van der Waals surface area contributed by atoms with Crippen LogP contribution in [0.3, 0.4) is 0 Å². The molecule has 1 fully saturated rings. The molecule has 3 aromatic rings. The Labute approximate surface area is 212 Å². The number of hydrogen-bond acceptors (Lipinski definition) is 5. The van der Waals surface area contributed by atoms with Crippen molar-refractivity contribution in [3.05, 3.63) is 59.4 Å². The molecule has 9 heteroatoms. The molecular weight excluding hydrogens is 457 g/mol. The zero-order valence-electron chi connectivity index (χ0n) is 21.6. The second-order valence-electron chi connectivity index (χ2n) is 10.3. The number of nitrogens with one attached hydrogen (secondary N) is 2. The number of halogens is 1. The summed E-state index contributed by atoms with van der Waals surface area (Å²) in [5.74, 6) is 0.775. The zero-order chi connectivity index (χ0) is 25.7. The minimum atomic E-state index is -0.218. The minimum absolute atomic E-state index is 0.132. The monoisotopic (exact) mass is 493 g/mol. The lowest BCUT2D eigenvalue weighted by Gasteiger charge is -2.44. The van der Waals surface area contributed by atoms with Crippen LogP contribution in [0.1, 0.15) is 38.3 Å². The Kier molecular flexibility index (Phi) is 7.98. The van der Waals surface area contributed by atoms with Crippen LogP contribution in [0.15, 0.2) is 42.5 Å². The highest BCUT2D eigenvalue weighted by molar-refractivity contribution is 5.90. The highest BCUT2D eigenvalue weighted by Gasteiger charge is 2.35. The third-order valence-corrected chi connectivity index (χ3v) is 7.33. The first kappa shape index (κ1) is 25.8. The van der Waals surface area contributed by atoms with Crippen molar-refractivity contribution in [2.75, 3.05) is 31.5 Å². The van der Waals surface area contributed by atoms with E-state index in [4.69, 9.17) is 0 Å². The van der Waals surface area contributed by atoms with E-state index in [0.717, 1.165) is 55.6 Å². The average Bonchev–Trinajstić information content (AvgIpc) is 3.29. The van der Waals surface area contributed by atoms with E-state index in [1.165, 1.54) is 12.1 Å². The lowest BCUT2D eigenvalue weighted by molar-refractivity contribution is 0.0624.